The lowest BCUT2D eigenvalue weighted by Crippen LogP contribution is -2.13. The van der Waals surface area contributed by atoms with E-state index in [9.17, 15) is 4.79 Å². The van der Waals surface area contributed by atoms with E-state index >= 15 is 0 Å². The Morgan fingerprint density at radius 2 is 2.05 bits per heavy atom. The predicted molar refractivity (Wildman–Crippen MR) is 74.7 cm³/mol. The minimum absolute atomic E-state index is 0.112. The van der Waals surface area contributed by atoms with Crippen molar-refractivity contribution >= 4 is 17.3 Å². The summed E-state index contributed by atoms with van der Waals surface area (Å²) in [6.45, 7) is 7.96. The van der Waals surface area contributed by atoms with Crippen LogP contribution in [0.25, 0.3) is 10.6 Å². The van der Waals surface area contributed by atoms with Crippen LogP contribution in [0, 0.1) is 6.92 Å². The number of carboxylic acid groups (broad SMARTS) is 1. The zero-order chi connectivity index (χ0) is 14.4. The van der Waals surface area contributed by atoms with Crippen LogP contribution in [-0.2, 0) is 12.5 Å². The van der Waals surface area contributed by atoms with E-state index in [2.05, 4.69) is 30.9 Å². The van der Waals surface area contributed by atoms with Crippen molar-refractivity contribution in [3.8, 4) is 10.6 Å². The Morgan fingerprint density at radius 1 is 1.42 bits per heavy atom. The zero-order valence-corrected chi connectivity index (χ0v) is 12.5. The van der Waals surface area contributed by atoms with E-state index < -0.39 is 5.97 Å². The predicted octanol–water partition coefficient (Wildman–Crippen LogP) is 2.85. The van der Waals surface area contributed by atoms with Gasteiger partial charge in [0.25, 0.3) is 0 Å². The van der Waals surface area contributed by atoms with Gasteiger partial charge in [0.15, 0.2) is 0 Å². The Hall–Kier alpha value is -1.69. The maximum absolute atomic E-state index is 11.1. The molecule has 0 aliphatic rings. The van der Waals surface area contributed by atoms with Crippen molar-refractivity contribution in [1.82, 2.24) is 14.8 Å². The van der Waals surface area contributed by atoms with Crippen molar-refractivity contribution < 1.29 is 9.90 Å². The fourth-order valence-electron chi connectivity index (χ4n) is 1.91. The summed E-state index contributed by atoms with van der Waals surface area (Å²) in [7, 11) is 1.86. The van der Waals surface area contributed by atoms with Crippen molar-refractivity contribution in [2.45, 2.75) is 33.1 Å². The van der Waals surface area contributed by atoms with Crippen LogP contribution in [0.4, 0.5) is 0 Å². The lowest BCUT2D eigenvalue weighted by Gasteiger charge is -2.16. The quantitative estimate of drug-likeness (QED) is 0.917. The standard InChI is InChI=1S/C13H17N3O2S/c1-7-9(12(17)18)19-11(14-7)8-6-16(5)15-10(8)13(2,3)4/h6H,1-5H3,(H,17,18). The molecular formula is C13H17N3O2S. The first-order valence-corrected chi connectivity index (χ1v) is 6.77. The normalized spacial score (nSPS) is 11.8. The molecule has 0 spiro atoms. The molecule has 5 nitrogen and oxygen atoms in total. The number of carbonyl (C=O) groups is 1. The SMILES string of the molecule is Cc1nc(-c2cn(C)nc2C(C)(C)C)sc1C(=O)O. The van der Waals surface area contributed by atoms with Crippen molar-refractivity contribution in [2.24, 2.45) is 7.05 Å². The second-order valence-corrected chi connectivity index (χ2v) is 6.55. The molecule has 0 aliphatic heterocycles. The van der Waals surface area contributed by atoms with Gasteiger partial charge in [-0.1, -0.05) is 20.8 Å². The summed E-state index contributed by atoms with van der Waals surface area (Å²) in [6, 6.07) is 0. The molecule has 2 aromatic heterocycles. The Balaban J connectivity index is 2.59. The average Bonchev–Trinajstić information content (AvgIpc) is 2.80. The molecule has 2 aromatic rings. The van der Waals surface area contributed by atoms with Crippen LogP contribution < -0.4 is 0 Å². The molecule has 2 rings (SSSR count). The molecule has 102 valence electrons. The largest absolute Gasteiger partial charge is 0.477 e. The van der Waals surface area contributed by atoms with Crippen molar-refractivity contribution in [2.75, 3.05) is 0 Å². The maximum Gasteiger partial charge on any atom is 0.347 e. The zero-order valence-electron chi connectivity index (χ0n) is 11.7. The van der Waals surface area contributed by atoms with Gasteiger partial charge in [0.2, 0.25) is 0 Å². The van der Waals surface area contributed by atoms with E-state index in [1.54, 1.807) is 11.6 Å². The molecule has 0 bridgehead atoms. The molecule has 0 aromatic carbocycles. The summed E-state index contributed by atoms with van der Waals surface area (Å²) in [5.74, 6) is -0.928. The molecule has 0 radical (unpaired) electrons. The van der Waals surface area contributed by atoms with Gasteiger partial charge in [0.1, 0.15) is 9.88 Å². The number of aromatic nitrogens is 3. The Kier molecular flexibility index (Phi) is 3.22. The van der Waals surface area contributed by atoms with Gasteiger partial charge in [-0.3, -0.25) is 4.68 Å². The molecule has 2 heterocycles. The molecule has 0 unspecified atom stereocenters. The lowest BCUT2D eigenvalue weighted by molar-refractivity contribution is 0.0701. The van der Waals surface area contributed by atoms with Crippen LogP contribution in [0.3, 0.4) is 0 Å². The van der Waals surface area contributed by atoms with Crippen LogP contribution >= 0.6 is 11.3 Å². The van der Waals surface area contributed by atoms with E-state index in [0.717, 1.165) is 11.3 Å². The molecule has 6 heteroatoms. The average molecular weight is 279 g/mol. The fourth-order valence-corrected chi connectivity index (χ4v) is 2.82. The van der Waals surface area contributed by atoms with Crippen LogP contribution in [0.2, 0.25) is 0 Å². The van der Waals surface area contributed by atoms with Gasteiger partial charge in [-0.25, -0.2) is 9.78 Å². The molecule has 1 N–H and O–H groups in total. The van der Waals surface area contributed by atoms with Gasteiger partial charge in [-0.15, -0.1) is 11.3 Å². The van der Waals surface area contributed by atoms with Crippen LogP contribution in [0.15, 0.2) is 6.20 Å². The number of hydrogen-bond acceptors (Lipinski definition) is 4. The smallest absolute Gasteiger partial charge is 0.347 e. The molecule has 0 saturated carbocycles. The number of aryl methyl sites for hydroxylation is 2. The summed E-state index contributed by atoms with van der Waals surface area (Å²) < 4.78 is 1.74. The van der Waals surface area contributed by atoms with Crippen molar-refractivity contribution in [1.29, 1.82) is 0 Å². The number of thiazole rings is 1. The number of aromatic carboxylic acids is 1. The van der Waals surface area contributed by atoms with Gasteiger partial charge in [0.05, 0.1) is 17.0 Å². The maximum atomic E-state index is 11.1. The topological polar surface area (TPSA) is 68.0 Å². The minimum atomic E-state index is -0.928. The lowest BCUT2D eigenvalue weighted by atomic mass is 9.90. The van der Waals surface area contributed by atoms with Gasteiger partial charge in [-0.05, 0) is 6.92 Å². The molecule has 0 atom stereocenters. The summed E-state index contributed by atoms with van der Waals surface area (Å²) in [5.41, 5.74) is 2.28. The Morgan fingerprint density at radius 3 is 2.53 bits per heavy atom. The molecule has 0 fully saturated rings. The highest BCUT2D eigenvalue weighted by atomic mass is 32.1. The van der Waals surface area contributed by atoms with E-state index in [-0.39, 0.29) is 5.41 Å². The van der Waals surface area contributed by atoms with Gasteiger partial charge < -0.3 is 5.11 Å². The third-order valence-corrected chi connectivity index (χ3v) is 3.94. The minimum Gasteiger partial charge on any atom is -0.477 e. The second kappa shape index (κ2) is 4.45. The summed E-state index contributed by atoms with van der Waals surface area (Å²) in [5, 5.41) is 14.3. The number of carboxylic acids is 1. The van der Waals surface area contributed by atoms with Crippen molar-refractivity contribution in [3.63, 3.8) is 0 Å². The number of hydrogen-bond donors (Lipinski definition) is 1. The molecule has 0 saturated heterocycles. The molecular weight excluding hydrogens is 262 g/mol. The number of nitrogens with zero attached hydrogens (tertiary/aromatic N) is 3. The van der Waals surface area contributed by atoms with Crippen molar-refractivity contribution in [3.05, 3.63) is 22.5 Å². The van der Waals surface area contributed by atoms with E-state index in [1.165, 1.54) is 11.3 Å². The van der Waals surface area contributed by atoms with Crippen LogP contribution in [0.1, 0.15) is 41.8 Å². The highest BCUT2D eigenvalue weighted by Crippen LogP contribution is 2.35. The van der Waals surface area contributed by atoms with Gasteiger partial charge >= 0.3 is 5.97 Å². The number of rotatable bonds is 2. The van der Waals surface area contributed by atoms with Crippen LogP contribution in [0.5, 0.6) is 0 Å². The highest BCUT2D eigenvalue weighted by molar-refractivity contribution is 7.17. The Bertz CT molecular complexity index is 635. The highest BCUT2D eigenvalue weighted by Gasteiger charge is 2.25. The summed E-state index contributed by atoms with van der Waals surface area (Å²) in [6.07, 6.45) is 1.89. The summed E-state index contributed by atoms with van der Waals surface area (Å²) >= 11 is 1.20. The van der Waals surface area contributed by atoms with Gasteiger partial charge in [0, 0.05) is 18.7 Å². The van der Waals surface area contributed by atoms with E-state index in [4.69, 9.17) is 5.11 Å². The molecule has 0 amide bonds. The molecule has 0 aliphatic carbocycles. The van der Waals surface area contributed by atoms with E-state index in [0.29, 0.717) is 15.6 Å². The van der Waals surface area contributed by atoms with E-state index in [1.807, 2.05) is 13.2 Å². The summed E-state index contributed by atoms with van der Waals surface area (Å²) in [4.78, 5) is 15.8. The fraction of sp³-hybridized carbons (Fsp3) is 0.462. The monoisotopic (exact) mass is 279 g/mol. The van der Waals surface area contributed by atoms with Crippen LogP contribution in [-0.4, -0.2) is 25.8 Å². The third kappa shape index (κ3) is 2.53. The second-order valence-electron chi connectivity index (χ2n) is 5.55. The Labute approximate surface area is 115 Å². The first-order valence-electron chi connectivity index (χ1n) is 5.95. The first-order chi connectivity index (χ1) is 8.70. The molecule has 19 heavy (non-hydrogen) atoms. The third-order valence-electron chi connectivity index (χ3n) is 2.76. The van der Waals surface area contributed by atoms with Gasteiger partial charge in [-0.2, -0.15) is 5.10 Å². The first kappa shape index (κ1) is 13.7.